The smallest absolute Gasteiger partial charge is 0.350 e. The molecule has 0 saturated heterocycles. The van der Waals surface area contributed by atoms with Gasteiger partial charge in [0.15, 0.2) is 0 Å². The molecule has 0 unspecified atom stereocenters. The molecule has 78 valence electrons. The Hall–Kier alpha value is -0.900. The fraction of sp³-hybridized carbons (Fsp3) is 0.600. The summed E-state index contributed by atoms with van der Waals surface area (Å²) in [6, 6.07) is 0. The molecule has 0 aromatic carbocycles. The summed E-state index contributed by atoms with van der Waals surface area (Å²) in [6.07, 6.45) is 0. The zero-order valence-corrected chi connectivity index (χ0v) is 9.77. The van der Waals surface area contributed by atoms with E-state index in [2.05, 4.69) is 4.98 Å². The van der Waals surface area contributed by atoms with Crippen molar-refractivity contribution in [2.45, 2.75) is 33.6 Å². The molecule has 0 saturated carbocycles. The Morgan fingerprint density at radius 1 is 1.57 bits per heavy atom. The summed E-state index contributed by atoms with van der Waals surface area (Å²) in [5.41, 5.74) is 0.853. The van der Waals surface area contributed by atoms with E-state index < -0.39 is 0 Å². The summed E-state index contributed by atoms with van der Waals surface area (Å²) >= 11 is 1.41. The number of carbonyl (C=O) groups is 1. The minimum Gasteiger partial charge on any atom is -0.462 e. The number of hydrogen-bond donors (Lipinski definition) is 0. The molecule has 0 aliphatic heterocycles. The van der Waals surface area contributed by atoms with Gasteiger partial charge in [0.05, 0.1) is 17.3 Å². The van der Waals surface area contributed by atoms with E-state index in [1.54, 1.807) is 6.92 Å². The largest absolute Gasteiger partial charge is 0.462 e. The maximum absolute atomic E-state index is 11.5. The number of carbonyl (C=O) groups excluding carboxylic acids is 1. The lowest BCUT2D eigenvalue weighted by atomic mass is 10.1. The summed E-state index contributed by atoms with van der Waals surface area (Å²) in [7, 11) is 0. The van der Waals surface area contributed by atoms with Gasteiger partial charge in [-0.1, -0.05) is 13.8 Å². The summed E-state index contributed by atoms with van der Waals surface area (Å²) < 4.78 is 4.96. The van der Waals surface area contributed by atoms with E-state index in [4.69, 9.17) is 4.74 Å². The SMILES string of the molecule is CCOC(=O)c1sc(C)nc1C(C)C. The minimum absolute atomic E-state index is 0.248. The fourth-order valence-corrected chi connectivity index (χ4v) is 2.14. The van der Waals surface area contributed by atoms with Gasteiger partial charge in [-0.2, -0.15) is 0 Å². The monoisotopic (exact) mass is 213 g/mol. The molecular weight excluding hydrogens is 198 g/mol. The molecule has 1 aromatic rings. The lowest BCUT2D eigenvalue weighted by molar-refractivity contribution is 0.0530. The van der Waals surface area contributed by atoms with Crippen molar-refractivity contribution in [2.75, 3.05) is 6.61 Å². The molecule has 1 aromatic heterocycles. The minimum atomic E-state index is -0.248. The zero-order valence-electron chi connectivity index (χ0n) is 8.96. The second-order valence-corrected chi connectivity index (χ2v) is 4.53. The summed E-state index contributed by atoms with van der Waals surface area (Å²) in [5.74, 6) is 0.0150. The van der Waals surface area contributed by atoms with E-state index in [-0.39, 0.29) is 11.9 Å². The fourth-order valence-electron chi connectivity index (χ4n) is 1.18. The Bertz CT molecular complexity index is 331. The van der Waals surface area contributed by atoms with Crippen LogP contribution in [0.2, 0.25) is 0 Å². The molecule has 0 fully saturated rings. The molecule has 0 aliphatic rings. The number of ether oxygens (including phenoxy) is 1. The van der Waals surface area contributed by atoms with E-state index >= 15 is 0 Å². The highest BCUT2D eigenvalue weighted by Gasteiger charge is 2.19. The van der Waals surface area contributed by atoms with Crippen LogP contribution in [-0.2, 0) is 4.74 Å². The normalized spacial score (nSPS) is 10.6. The number of nitrogens with zero attached hydrogens (tertiary/aromatic N) is 1. The molecule has 0 amide bonds. The van der Waals surface area contributed by atoms with E-state index in [1.807, 2.05) is 20.8 Å². The quantitative estimate of drug-likeness (QED) is 0.725. The van der Waals surface area contributed by atoms with E-state index in [9.17, 15) is 4.79 Å². The molecule has 0 atom stereocenters. The van der Waals surface area contributed by atoms with E-state index in [1.165, 1.54) is 11.3 Å². The van der Waals surface area contributed by atoms with Gasteiger partial charge >= 0.3 is 5.97 Å². The average molecular weight is 213 g/mol. The van der Waals surface area contributed by atoms with Gasteiger partial charge in [0, 0.05) is 0 Å². The lowest BCUT2D eigenvalue weighted by Crippen LogP contribution is -2.06. The van der Waals surface area contributed by atoms with Crippen molar-refractivity contribution in [3.05, 3.63) is 15.6 Å². The van der Waals surface area contributed by atoms with Gasteiger partial charge < -0.3 is 4.74 Å². The third kappa shape index (κ3) is 2.32. The topological polar surface area (TPSA) is 39.2 Å². The van der Waals surface area contributed by atoms with Crippen LogP contribution < -0.4 is 0 Å². The number of thiazole rings is 1. The molecule has 0 bridgehead atoms. The maximum atomic E-state index is 11.5. The number of aryl methyl sites for hydroxylation is 1. The number of hydrogen-bond acceptors (Lipinski definition) is 4. The van der Waals surface area contributed by atoms with E-state index in [0.29, 0.717) is 11.5 Å². The molecule has 4 heteroatoms. The second-order valence-electron chi connectivity index (χ2n) is 3.32. The Morgan fingerprint density at radius 2 is 2.21 bits per heavy atom. The first-order valence-electron chi connectivity index (χ1n) is 4.70. The van der Waals surface area contributed by atoms with Crippen molar-refractivity contribution in [1.82, 2.24) is 4.98 Å². The molecule has 0 radical (unpaired) electrons. The van der Waals surface area contributed by atoms with Crippen molar-refractivity contribution in [3.8, 4) is 0 Å². The third-order valence-electron chi connectivity index (χ3n) is 1.77. The molecule has 1 heterocycles. The van der Waals surface area contributed by atoms with Gasteiger partial charge in [-0.25, -0.2) is 9.78 Å². The summed E-state index contributed by atoms with van der Waals surface area (Å²) in [6.45, 7) is 8.17. The van der Waals surface area contributed by atoms with Crippen molar-refractivity contribution in [3.63, 3.8) is 0 Å². The molecule has 3 nitrogen and oxygen atoms in total. The zero-order chi connectivity index (χ0) is 10.7. The molecule has 14 heavy (non-hydrogen) atoms. The van der Waals surface area contributed by atoms with Crippen molar-refractivity contribution in [2.24, 2.45) is 0 Å². The molecule has 0 spiro atoms. The van der Waals surface area contributed by atoms with Crippen molar-refractivity contribution >= 4 is 17.3 Å². The lowest BCUT2D eigenvalue weighted by Gasteiger charge is -2.04. The van der Waals surface area contributed by atoms with Crippen LogP contribution in [0.5, 0.6) is 0 Å². The predicted molar refractivity (Wildman–Crippen MR) is 56.9 cm³/mol. The van der Waals surface area contributed by atoms with Crippen LogP contribution in [0.25, 0.3) is 0 Å². The highest BCUT2D eigenvalue weighted by atomic mass is 32.1. The van der Waals surface area contributed by atoms with Gasteiger partial charge in [0.25, 0.3) is 0 Å². The Morgan fingerprint density at radius 3 is 2.71 bits per heavy atom. The van der Waals surface area contributed by atoms with Crippen LogP contribution in [0.4, 0.5) is 0 Å². The number of esters is 1. The highest BCUT2D eigenvalue weighted by molar-refractivity contribution is 7.13. The van der Waals surface area contributed by atoms with Crippen LogP contribution in [0.15, 0.2) is 0 Å². The predicted octanol–water partition coefficient (Wildman–Crippen LogP) is 2.75. The van der Waals surface area contributed by atoms with E-state index in [0.717, 1.165) is 10.7 Å². The van der Waals surface area contributed by atoms with Crippen LogP contribution >= 0.6 is 11.3 Å². The van der Waals surface area contributed by atoms with Crippen LogP contribution in [0, 0.1) is 6.92 Å². The Balaban J connectivity index is 3.00. The number of aromatic nitrogens is 1. The Kier molecular flexibility index (Phi) is 3.63. The second kappa shape index (κ2) is 4.55. The van der Waals surface area contributed by atoms with Gasteiger partial charge in [-0.05, 0) is 19.8 Å². The first-order valence-corrected chi connectivity index (χ1v) is 5.52. The first kappa shape index (κ1) is 11.2. The van der Waals surface area contributed by atoms with Gasteiger partial charge in [-0.3, -0.25) is 0 Å². The number of rotatable bonds is 3. The van der Waals surface area contributed by atoms with Gasteiger partial charge in [0.1, 0.15) is 4.88 Å². The van der Waals surface area contributed by atoms with Gasteiger partial charge in [-0.15, -0.1) is 11.3 Å². The third-order valence-corrected chi connectivity index (χ3v) is 2.73. The highest BCUT2D eigenvalue weighted by Crippen LogP contribution is 2.25. The Labute approximate surface area is 88.1 Å². The van der Waals surface area contributed by atoms with Crippen molar-refractivity contribution < 1.29 is 9.53 Å². The summed E-state index contributed by atoms with van der Waals surface area (Å²) in [4.78, 5) is 16.5. The van der Waals surface area contributed by atoms with Gasteiger partial charge in [0.2, 0.25) is 0 Å². The van der Waals surface area contributed by atoms with Crippen LogP contribution in [0.1, 0.15) is 47.1 Å². The molecule has 1 rings (SSSR count). The first-order chi connectivity index (χ1) is 6.56. The molecular formula is C10H15NO2S. The molecule has 0 N–H and O–H groups in total. The molecule has 0 aliphatic carbocycles. The van der Waals surface area contributed by atoms with Crippen LogP contribution in [0.3, 0.4) is 0 Å². The summed E-state index contributed by atoms with van der Waals surface area (Å²) in [5, 5.41) is 0.914. The van der Waals surface area contributed by atoms with Crippen molar-refractivity contribution in [1.29, 1.82) is 0 Å². The average Bonchev–Trinajstić information content (AvgIpc) is 2.48. The maximum Gasteiger partial charge on any atom is 0.350 e. The standard InChI is InChI=1S/C10H15NO2S/c1-5-13-10(12)9-8(6(2)3)11-7(4)14-9/h6H,5H2,1-4H3. The van der Waals surface area contributed by atoms with Crippen LogP contribution in [-0.4, -0.2) is 17.6 Å².